The Labute approximate surface area is 192 Å². The molecule has 1 atom stereocenters. The summed E-state index contributed by atoms with van der Waals surface area (Å²) < 4.78 is 27.9. The van der Waals surface area contributed by atoms with Crippen molar-refractivity contribution in [2.45, 2.75) is 44.4 Å². The summed E-state index contributed by atoms with van der Waals surface area (Å²) in [6.45, 7) is 6.67. The van der Waals surface area contributed by atoms with E-state index in [2.05, 4.69) is 15.5 Å². The molecule has 0 saturated carbocycles. The van der Waals surface area contributed by atoms with Crippen molar-refractivity contribution in [2.24, 2.45) is 0 Å². The van der Waals surface area contributed by atoms with E-state index in [1.165, 1.54) is 15.6 Å². The lowest BCUT2D eigenvalue weighted by Crippen LogP contribution is -2.39. The van der Waals surface area contributed by atoms with Crippen LogP contribution >= 0.6 is 11.3 Å². The number of aryl methyl sites for hydroxylation is 3. The van der Waals surface area contributed by atoms with Gasteiger partial charge in [0.05, 0.1) is 4.90 Å². The van der Waals surface area contributed by atoms with Crippen LogP contribution in [0.15, 0.2) is 47.4 Å². The first kappa shape index (κ1) is 22.6. The summed E-state index contributed by atoms with van der Waals surface area (Å²) in [6.07, 6.45) is 1.55. The van der Waals surface area contributed by atoms with Gasteiger partial charge in [0.15, 0.2) is 0 Å². The number of nitrogens with zero attached hydrogens (tertiary/aromatic N) is 3. The fourth-order valence-electron chi connectivity index (χ4n) is 3.70. The number of carbonyl (C=O) groups excluding carboxylic acids is 1. The zero-order valence-corrected chi connectivity index (χ0v) is 20.0. The van der Waals surface area contributed by atoms with E-state index in [1.807, 2.05) is 51.1 Å². The molecule has 0 spiro atoms. The number of hydrogen-bond donors (Lipinski definition) is 1. The highest BCUT2D eigenvalue weighted by Crippen LogP contribution is 2.32. The molecule has 1 saturated heterocycles. The summed E-state index contributed by atoms with van der Waals surface area (Å²) in [4.78, 5) is 12.9. The number of benzene rings is 2. The van der Waals surface area contributed by atoms with Gasteiger partial charge in [-0.25, -0.2) is 8.42 Å². The Balaban J connectivity index is 1.48. The van der Waals surface area contributed by atoms with Gasteiger partial charge in [-0.15, -0.1) is 10.2 Å². The van der Waals surface area contributed by atoms with Gasteiger partial charge in [-0.05, 0) is 69.0 Å². The van der Waals surface area contributed by atoms with E-state index in [-0.39, 0.29) is 16.8 Å². The average molecular weight is 471 g/mol. The van der Waals surface area contributed by atoms with Crippen LogP contribution in [0.1, 0.15) is 50.3 Å². The van der Waals surface area contributed by atoms with E-state index in [0.717, 1.165) is 29.5 Å². The second-order valence-electron chi connectivity index (χ2n) is 8.21. The zero-order chi connectivity index (χ0) is 22.9. The number of nitrogens with one attached hydrogen (secondary N) is 1. The average Bonchev–Trinajstić information content (AvgIpc) is 3.28. The Morgan fingerprint density at radius 2 is 1.81 bits per heavy atom. The predicted molar refractivity (Wildman–Crippen MR) is 126 cm³/mol. The minimum absolute atomic E-state index is 0.0801. The lowest BCUT2D eigenvalue weighted by atomic mass is 10.0. The topological polar surface area (TPSA) is 92.3 Å². The Hall–Kier alpha value is -2.62. The number of rotatable bonds is 5. The second kappa shape index (κ2) is 9.09. The Kier molecular flexibility index (Phi) is 6.41. The highest BCUT2D eigenvalue weighted by atomic mass is 32.2. The Morgan fingerprint density at radius 3 is 2.53 bits per heavy atom. The summed E-state index contributed by atoms with van der Waals surface area (Å²) in [5.41, 5.74) is 3.82. The first-order chi connectivity index (χ1) is 15.2. The van der Waals surface area contributed by atoms with Gasteiger partial charge in [0.1, 0.15) is 5.01 Å². The molecular weight excluding hydrogens is 444 g/mol. The lowest BCUT2D eigenvalue weighted by Gasteiger charge is -2.30. The highest BCUT2D eigenvalue weighted by molar-refractivity contribution is 7.89. The summed E-state index contributed by atoms with van der Waals surface area (Å²) in [5, 5.41) is 12.1. The van der Waals surface area contributed by atoms with Crippen molar-refractivity contribution in [3.8, 4) is 0 Å². The van der Waals surface area contributed by atoms with E-state index < -0.39 is 10.0 Å². The Bertz CT molecular complexity index is 1240. The zero-order valence-electron chi connectivity index (χ0n) is 18.3. The molecule has 2 aromatic carbocycles. The predicted octanol–water partition coefficient (Wildman–Crippen LogP) is 4.28. The van der Waals surface area contributed by atoms with Gasteiger partial charge in [0, 0.05) is 24.7 Å². The maximum atomic E-state index is 13.2. The highest BCUT2D eigenvalue weighted by Gasteiger charge is 2.33. The van der Waals surface area contributed by atoms with Crippen LogP contribution < -0.4 is 5.32 Å². The fraction of sp³-hybridized carbons (Fsp3) is 0.348. The van der Waals surface area contributed by atoms with Crippen molar-refractivity contribution in [3.63, 3.8) is 0 Å². The fourth-order valence-corrected chi connectivity index (χ4v) is 6.17. The Morgan fingerprint density at radius 1 is 1.06 bits per heavy atom. The number of hydrogen-bond acceptors (Lipinski definition) is 6. The smallest absolute Gasteiger partial charge is 0.286 e. The first-order valence-electron chi connectivity index (χ1n) is 10.5. The van der Waals surface area contributed by atoms with E-state index >= 15 is 0 Å². The molecule has 3 aromatic rings. The van der Waals surface area contributed by atoms with Crippen LogP contribution in [-0.4, -0.2) is 41.9 Å². The molecule has 0 bridgehead atoms. The monoisotopic (exact) mass is 470 g/mol. The molecule has 1 fully saturated rings. The molecule has 4 rings (SSSR count). The van der Waals surface area contributed by atoms with Crippen LogP contribution in [0, 0.1) is 20.8 Å². The standard InChI is InChI=1S/C23H26N4O3S2/c1-15-6-9-19(10-7-15)24-21(28)23-26-25-22(31-23)18-5-4-12-27(14-18)32(29,30)20-11-8-16(2)17(3)13-20/h6-11,13,18H,4-5,12,14H2,1-3H3,(H,24,28)/t18-/m0/s1. The second-order valence-corrected chi connectivity index (χ2v) is 11.2. The molecule has 0 radical (unpaired) electrons. The van der Waals surface area contributed by atoms with Crippen LogP contribution in [0.5, 0.6) is 0 Å². The van der Waals surface area contributed by atoms with Crippen LogP contribution in [0.2, 0.25) is 0 Å². The first-order valence-corrected chi connectivity index (χ1v) is 12.8. The van der Waals surface area contributed by atoms with Gasteiger partial charge in [-0.1, -0.05) is 35.1 Å². The van der Waals surface area contributed by atoms with Gasteiger partial charge in [-0.2, -0.15) is 4.31 Å². The number of anilines is 1. The molecular formula is C23H26N4O3S2. The maximum absolute atomic E-state index is 13.2. The molecule has 168 valence electrons. The van der Waals surface area contributed by atoms with Crippen LogP contribution in [0.25, 0.3) is 0 Å². The third-order valence-electron chi connectivity index (χ3n) is 5.79. The molecule has 0 unspecified atom stereocenters. The van der Waals surface area contributed by atoms with E-state index in [4.69, 9.17) is 0 Å². The third kappa shape index (κ3) is 4.74. The normalized spacial score (nSPS) is 17.3. The number of aromatic nitrogens is 2. The van der Waals surface area contributed by atoms with Gasteiger partial charge >= 0.3 is 0 Å². The lowest BCUT2D eigenvalue weighted by molar-refractivity contribution is 0.102. The number of piperidine rings is 1. The molecule has 0 aliphatic carbocycles. The summed E-state index contributed by atoms with van der Waals surface area (Å²) >= 11 is 1.23. The van der Waals surface area contributed by atoms with Crippen molar-refractivity contribution in [3.05, 3.63) is 69.2 Å². The molecule has 2 heterocycles. The molecule has 1 N–H and O–H groups in total. The van der Waals surface area contributed by atoms with Gasteiger partial charge in [0.2, 0.25) is 15.0 Å². The molecule has 9 heteroatoms. The molecule has 1 aliphatic heterocycles. The third-order valence-corrected chi connectivity index (χ3v) is 8.74. The van der Waals surface area contributed by atoms with Crippen molar-refractivity contribution < 1.29 is 13.2 Å². The van der Waals surface area contributed by atoms with Crippen molar-refractivity contribution >= 4 is 33.0 Å². The summed E-state index contributed by atoms with van der Waals surface area (Å²) in [7, 11) is -3.59. The van der Waals surface area contributed by atoms with E-state index in [0.29, 0.717) is 28.7 Å². The molecule has 32 heavy (non-hydrogen) atoms. The summed E-state index contributed by atoms with van der Waals surface area (Å²) in [5.74, 6) is -0.392. The molecule has 1 aromatic heterocycles. The van der Waals surface area contributed by atoms with Crippen LogP contribution in [0.3, 0.4) is 0 Å². The minimum Gasteiger partial charge on any atom is -0.320 e. The van der Waals surface area contributed by atoms with Crippen molar-refractivity contribution in [1.29, 1.82) is 0 Å². The van der Waals surface area contributed by atoms with Gasteiger partial charge < -0.3 is 5.32 Å². The number of amides is 1. The quantitative estimate of drug-likeness (QED) is 0.601. The maximum Gasteiger partial charge on any atom is 0.286 e. The van der Waals surface area contributed by atoms with Crippen molar-refractivity contribution in [2.75, 3.05) is 18.4 Å². The number of sulfonamides is 1. The SMILES string of the molecule is Cc1ccc(NC(=O)c2nnc([C@H]3CCCN(S(=O)(=O)c4ccc(C)c(C)c4)C3)s2)cc1. The van der Waals surface area contributed by atoms with Crippen molar-refractivity contribution in [1.82, 2.24) is 14.5 Å². The molecule has 1 amide bonds. The van der Waals surface area contributed by atoms with E-state index in [9.17, 15) is 13.2 Å². The summed E-state index contributed by atoms with van der Waals surface area (Å²) in [6, 6.07) is 12.8. The van der Waals surface area contributed by atoms with E-state index in [1.54, 1.807) is 12.1 Å². The molecule has 7 nitrogen and oxygen atoms in total. The molecule has 1 aliphatic rings. The van der Waals surface area contributed by atoms with Gasteiger partial charge in [0.25, 0.3) is 5.91 Å². The minimum atomic E-state index is -3.59. The van der Waals surface area contributed by atoms with Crippen LogP contribution in [-0.2, 0) is 10.0 Å². The largest absolute Gasteiger partial charge is 0.320 e. The van der Waals surface area contributed by atoms with Crippen LogP contribution in [0.4, 0.5) is 5.69 Å². The van der Waals surface area contributed by atoms with Gasteiger partial charge in [-0.3, -0.25) is 4.79 Å². The number of carbonyl (C=O) groups is 1.